The van der Waals surface area contributed by atoms with Crippen molar-refractivity contribution in [3.63, 3.8) is 0 Å². The molecule has 0 spiro atoms. The smallest absolute Gasteiger partial charge is 0.141 e. The fraction of sp³-hybridized carbons (Fsp3) is 0.875. The van der Waals surface area contributed by atoms with Crippen molar-refractivity contribution in [1.29, 1.82) is 0 Å². The molecule has 1 unspecified atom stereocenters. The molecule has 0 aromatic rings. The summed E-state index contributed by atoms with van der Waals surface area (Å²) in [5.74, 6) is -0.0486. The van der Waals surface area contributed by atoms with E-state index in [9.17, 15) is 4.79 Å². The highest BCUT2D eigenvalue weighted by Gasteiger charge is 2.36. The van der Waals surface area contributed by atoms with Gasteiger partial charge in [0.05, 0.1) is 12.5 Å². The lowest BCUT2D eigenvalue weighted by Crippen LogP contribution is -2.55. The molecular weight excluding hydrogens is 142 g/mol. The number of Topliss-reactive ketones (excluding diaryl/α,β-unsaturated/α-hetero) is 1. The van der Waals surface area contributed by atoms with E-state index in [0.29, 0.717) is 6.42 Å². The number of rotatable bonds is 1. The van der Waals surface area contributed by atoms with E-state index in [0.717, 1.165) is 6.54 Å². The summed E-state index contributed by atoms with van der Waals surface area (Å²) in [6, 6.07) is 0. The maximum Gasteiger partial charge on any atom is 0.141 e. The van der Waals surface area contributed by atoms with Crippen molar-refractivity contribution < 1.29 is 9.90 Å². The molecule has 1 fully saturated rings. The van der Waals surface area contributed by atoms with Crippen LogP contribution in [0.3, 0.4) is 0 Å². The van der Waals surface area contributed by atoms with Crippen LogP contribution >= 0.6 is 0 Å². The Bertz CT molecular complexity index is 165. The predicted molar refractivity (Wildman–Crippen MR) is 42.3 cm³/mol. The zero-order valence-electron chi connectivity index (χ0n) is 7.05. The average Bonchev–Trinajstić information content (AvgIpc) is 1.86. The van der Waals surface area contributed by atoms with Crippen molar-refractivity contribution >= 4 is 5.78 Å². The minimum atomic E-state index is -0.232. The molecule has 1 heterocycles. The van der Waals surface area contributed by atoms with Gasteiger partial charge in [-0.1, -0.05) is 0 Å². The van der Waals surface area contributed by atoms with Crippen molar-refractivity contribution in [2.75, 3.05) is 13.2 Å². The van der Waals surface area contributed by atoms with Gasteiger partial charge in [0, 0.05) is 18.5 Å². The molecule has 3 heteroatoms. The minimum Gasteiger partial charge on any atom is -0.396 e. The molecule has 0 aliphatic carbocycles. The van der Waals surface area contributed by atoms with Crippen molar-refractivity contribution in [2.24, 2.45) is 5.92 Å². The first-order chi connectivity index (χ1) is 5.08. The van der Waals surface area contributed by atoms with Crippen LogP contribution in [0, 0.1) is 5.92 Å². The van der Waals surface area contributed by atoms with Gasteiger partial charge in [-0.15, -0.1) is 0 Å². The highest BCUT2D eigenvalue weighted by molar-refractivity contribution is 5.83. The number of hydrogen-bond acceptors (Lipinski definition) is 3. The third kappa shape index (κ3) is 1.60. The summed E-state index contributed by atoms with van der Waals surface area (Å²) in [6.45, 7) is 4.59. The summed E-state index contributed by atoms with van der Waals surface area (Å²) in [5, 5.41) is 12.1. The van der Waals surface area contributed by atoms with Crippen molar-refractivity contribution in [2.45, 2.75) is 25.8 Å². The minimum absolute atomic E-state index is 0.0428. The molecule has 1 aliphatic heterocycles. The summed E-state index contributed by atoms with van der Waals surface area (Å²) in [5.41, 5.74) is -0.232. The molecule has 64 valence electrons. The SMILES string of the molecule is CC1(C)NCCC(=O)C1CO. The van der Waals surface area contributed by atoms with Crippen molar-refractivity contribution in [3.05, 3.63) is 0 Å². The molecule has 0 saturated carbocycles. The van der Waals surface area contributed by atoms with E-state index < -0.39 is 0 Å². The molecule has 0 amide bonds. The van der Waals surface area contributed by atoms with E-state index in [1.54, 1.807) is 0 Å². The lowest BCUT2D eigenvalue weighted by molar-refractivity contribution is -0.128. The second kappa shape index (κ2) is 2.91. The lowest BCUT2D eigenvalue weighted by atomic mass is 9.80. The van der Waals surface area contributed by atoms with E-state index >= 15 is 0 Å². The van der Waals surface area contributed by atoms with E-state index in [1.807, 2.05) is 13.8 Å². The van der Waals surface area contributed by atoms with E-state index in [2.05, 4.69) is 5.32 Å². The standard InChI is InChI=1S/C8H15NO2/c1-8(2)6(5-10)7(11)3-4-9-8/h6,9-10H,3-5H2,1-2H3. The number of carbonyl (C=O) groups is 1. The molecule has 0 bridgehead atoms. The Hall–Kier alpha value is -0.410. The first-order valence-electron chi connectivity index (χ1n) is 3.96. The summed E-state index contributed by atoms with van der Waals surface area (Å²) in [6.07, 6.45) is 0.550. The zero-order valence-corrected chi connectivity index (χ0v) is 7.05. The Labute approximate surface area is 66.8 Å². The van der Waals surface area contributed by atoms with E-state index in [-0.39, 0.29) is 23.8 Å². The summed E-state index contributed by atoms with van der Waals surface area (Å²) in [7, 11) is 0. The van der Waals surface area contributed by atoms with Crippen molar-refractivity contribution in [3.8, 4) is 0 Å². The van der Waals surface area contributed by atoms with Gasteiger partial charge in [0.1, 0.15) is 5.78 Å². The van der Waals surface area contributed by atoms with Gasteiger partial charge < -0.3 is 10.4 Å². The van der Waals surface area contributed by atoms with Gasteiger partial charge in [-0.2, -0.15) is 0 Å². The summed E-state index contributed by atoms with van der Waals surface area (Å²) < 4.78 is 0. The van der Waals surface area contributed by atoms with Crippen LogP contribution in [-0.2, 0) is 4.79 Å². The third-order valence-electron chi connectivity index (χ3n) is 2.39. The Morgan fingerprint density at radius 3 is 2.73 bits per heavy atom. The zero-order chi connectivity index (χ0) is 8.48. The highest BCUT2D eigenvalue weighted by Crippen LogP contribution is 2.22. The quantitative estimate of drug-likeness (QED) is 0.560. The van der Waals surface area contributed by atoms with Crippen LogP contribution in [0.15, 0.2) is 0 Å². The lowest BCUT2D eigenvalue weighted by Gasteiger charge is -2.37. The fourth-order valence-corrected chi connectivity index (χ4v) is 1.54. The average molecular weight is 157 g/mol. The maximum atomic E-state index is 11.2. The van der Waals surface area contributed by atoms with Gasteiger partial charge >= 0.3 is 0 Å². The summed E-state index contributed by atoms with van der Waals surface area (Å²) in [4.78, 5) is 11.2. The first kappa shape index (κ1) is 8.68. The Morgan fingerprint density at radius 2 is 2.36 bits per heavy atom. The van der Waals surface area contributed by atoms with Gasteiger partial charge in [-0.25, -0.2) is 0 Å². The molecule has 2 N–H and O–H groups in total. The van der Waals surface area contributed by atoms with Crippen LogP contribution in [0.25, 0.3) is 0 Å². The fourth-order valence-electron chi connectivity index (χ4n) is 1.54. The molecule has 11 heavy (non-hydrogen) atoms. The molecule has 0 radical (unpaired) electrons. The van der Waals surface area contributed by atoms with Crippen LogP contribution < -0.4 is 5.32 Å². The summed E-state index contributed by atoms with van der Waals surface area (Å²) >= 11 is 0. The van der Waals surface area contributed by atoms with E-state index in [1.165, 1.54) is 0 Å². The number of nitrogens with one attached hydrogen (secondary N) is 1. The first-order valence-corrected chi connectivity index (χ1v) is 3.96. The molecule has 3 nitrogen and oxygen atoms in total. The number of ketones is 1. The second-order valence-corrected chi connectivity index (χ2v) is 3.60. The van der Waals surface area contributed by atoms with Crippen LogP contribution in [0.2, 0.25) is 0 Å². The number of aliphatic hydroxyl groups is 1. The molecule has 1 saturated heterocycles. The van der Waals surface area contributed by atoms with Crippen LogP contribution in [-0.4, -0.2) is 29.6 Å². The molecular formula is C8H15NO2. The predicted octanol–water partition coefficient (Wildman–Crippen LogP) is -0.0641. The normalized spacial score (nSPS) is 30.5. The molecule has 1 atom stereocenters. The van der Waals surface area contributed by atoms with Gasteiger partial charge in [-0.3, -0.25) is 4.79 Å². The number of carbonyl (C=O) groups excluding carboxylic acids is 1. The van der Waals surface area contributed by atoms with Crippen molar-refractivity contribution in [1.82, 2.24) is 5.32 Å². The molecule has 1 aliphatic rings. The second-order valence-electron chi connectivity index (χ2n) is 3.60. The van der Waals surface area contributed by atoms with Gasteiger partial charge in [-0.05, 0) is 13.8 Å². The van der Waals surface area contributed by atoms with Crippen LogP contribution in [0.1, 0.15) is 20.3 Å². The number of piperidine rings is 1. The molecule has 0 aromatic carbocycles. The maximum absolute atomic E-state index is 11.2. The van der Waals surface area contributed by atoms with Gasteiger partial charge in [0.25, 0.3) is 0 Å². The van der Waals surface area contributed by atoms with Gasteiger partial charge in [0.2, 0.25) is 0 Å². The van der Waals surface area contributed by atoms with Crippen LogP contribution in [0.4, 0.5) is 0 Å². The molecule has 1 rings (SSSR count). The monoisotopic (exact) mass is 157 g/mol. The molecule has 0 aromatic heterocycles. The largest absolute Gasteiger partial charge is 0.396 e. The Kier molecular flexibility index (Phi) is 2.30. The highest BCUT2D eigenvalue weighted by atomic mass is 16.3. The Balaban J connectivity index is 2.72. The third-order valence-corrected chi connectivity index (χ3v) is 2.39. The van der Waals surface area contributed by atoms with E-state index in [4.69, 9.17) is 5.11 Å². The van der Waals surface area contributed by atoms with Crippen LogP contribution in [0.5, 0.6) is 0 Å². The Morgan fingerprint density at radius 1 is 1.73 bits per heavy atom. The number of hydrogen-bond donors (Lipinski definition) is 2. The topological polar surface area (TPSA) is 49.3 Å². The number of aliphatic hydroxyl groups excluding tert-OH is 1. The van der Waals surface area contributed by atoms with Gasteiger partial charge in [0.15, 0.2) is 0 Å².